The molecule has 8 heteroatoms. The zero-order chi connectivity index (χ0) is 24.8. The number of carbonyl (C=O) groups excluding carboxylic acids is 2. The van der Waals surface area contributed by atoms with Gasteiger partial charge in [0.25, 0.3) is 0 Å². The van der Waals surface area contributed by atoms with Crippen molar-refractivity contribution in [3.63, 3.8) is 0 Å². The number of pyridine rings is 1. The van der Waals surface area contributed by atoms with Gasteiger partial charge in [0, 0.05) is 25.1 Å². The molecule has 0 spiro atoms. The normalized spacial score (nSPS) is 12.5. The maximum atomic E-state index is 12.6. The second kappa shape index (κ2) is 10.5. The predicted molar refractivity (Wildman–Crippen MR) is 128 cm³/mol. The molecule has 0 saturated carbocycles. The molecule has 1 aliphatic rings. The van der Waals surface area contributed by atoms with Crippen LogP contribution in [-0.4, -0.2) is 40.7 Å². The maximum absolute atomic E-state index is 12.6. The zero-order valence-corrected chi connectivity index (χ0v) is 18.7. The van der Waals surface area contributed by atoms with Gasteiger partial charge in [0.2, 0.25) is 5.91 Å². The summed E-state index contributed by atoms with van der Waals surface area (Å²) >= 11 is 0. The van der Waals surface area contributed by atoms with E-state index in [1.807, 2.05) is 48.5 Å². The second-order valence-corrected chi connectivity index (χ2v) is 8.01. The fourth-order valence-corrected chi connectivity index (χ4v) is 4.08. The minimum atomic E-state index is -1.14. The molecule has 1 atom stereocenters. The second-order valence-electron chi connectivity index (χ2n) is 8.01. The molecule has 176 valence electrons. The van der Waals surface area contributed by atoms with Crippen LogP contribution < -0.4 is 10.6 Å². The van der Waals surface area contributed by atoms with Crippen molar-refractivity contribution in [3.8, 4) is 23.5 Å². The minimum absolute atomic E-state index is 0.0216. The Bertz CT molecular complexity index is 1250. The highest BCUT2D eigenvalue weighted by Gasteiger charge is 2.29. The van der Waals surface area contributed by atoms with Gasteiger partial charge in [0.05, 0.1) is 0 Å². The van der Waals surface area contributed by atoms with Gasteiger partial charge in [-0.1, -0.05) is 54.6 Å². The van der Waals surface area contributed by atoms with Gasteiger partial charge in [-0.15, -0.1) is 12.3 Å². The Morgan fingerprint density at radius 2 is 1.69 bits per heavy atom. The Morgan fingerprint density at radius 3 is 2.26 bits per heavy atom. The smallest absolute Gasteiger partial charge is 0.407 e. The van der Waals surface area contributed by atoms with Crippen molar-refractivity contribution >= 4 is 18.0 Å². The van der Waals surface area contributed by atoms with Gasteiger partial charge < -0.3 is 20.5 Å². The molecule has 2 amide bonds. The van der Waals surface area contributed by atoms with E-state index in [1.165, 1.54) is 12.3 Å². The number of nitrogens with zero attached hydrogens (tertiary/aromatic N) is 1. The number of ether oxygens (including phenoxy) is 1. The number of alkyl carbamates (subject to hydrolysis) is 1. The summed E-state index contributed by atoms with van der Waals surface area (Å²) in [5.41, 5.74) is 4.91. The molecule has 0 aliphatic heterocycles. The SMILES string of the molecule is C#CCC(NC(=O)OCC1c2ccccc2-c2ccccc21)C(=O)NCc1ccc(C(=O)O)nc1. The van der Waals surface area contributed by atoms with Crippen LogP contribution in [-0.2, 0) is 16.1 Å². The number of carboxylic acids is 1. The molecule has 35 heavy (non-hydrogen) atoms. The quantitative estimate of drug-likeness (QED) is 0.436. The van der Waals surface area contributed by atoms with Crippen molar-refractivity contribution in [2.75, 3.05) is 6.61 Å². The minimum Gasteiger partial charge on any atom is -0.477 e. The molecule has 1 unspecified atom stereocenters. The summed E-state index contributed by atoms with van der Waals surface area (Å²) < 4.78 is 5.50. The number of rotatable bonds is 8. The molecule has 4 rings (SSSR count). The summed E-state index contributed by atoms with van der Waals surface area (Å²) in [6.45, 7) is 0.213. The molecular weight excluding hydrogens is 446 g/mol. The molecule has 1 heterocycles. The average Bonchev–Trinajstić information content (AvgIpc) is 3.19. The number of benzene rings is 2. The highest BCUT2D eigenvalue weighted by atomic mass is 16.5. The summed E-state index contributed by atoms with van der Waals surface area (Å²) in [5, 5.41) is 14.1. The summed E-state index contributed by atoms with van der Waals surface area (Å²) in [7, 11) is 0. The third-order valence-corrected chi connectivity index (χ3v) is 5.78. The van der Waals surface area contributed by atoms with Gasteiger partial charge in [-0.25, -0.2) is 14.6 Å². The Morgan fingerprint density at radius 1 is 1.03 bits per heavy atom. The van der Waals surface area contributed by atoms with Crippen LogP contribution in [0.5, 0.6) is 0 Å². The number of amides is 2. The Labute approximate surface area is 202 Å². The lowest BCUT2D eigenvalue weighted by Gasteiger charge is -2.18. The first-order valence-corrected chi connectivity index (χ1v) is 11.0. The van der Waals surface area contributed by atoms with Crippen molar-refractivity contribution in [2.45, 2.75) is 24.9 Å². The number of hydrogen-bond donors (Lipinski definition) is 3. The third kappa shape index (κ3) is 5.31. The summed E-state index contributed by atoms with van der Waals surface area (Å²) in [6, 6.07) is 17.9. The summed E-state index contributed by atoms with van der Waals surface area (Å²) in [4.78, 5) is 39.9. The van der Waals surface area contributed by atoms with Crippen LogP contribution in [0, 0.1) is 12.3 Å². The number of nitrogens with one attached hydrogen (secondary N) is 2. The van der Waals surface area contributed by atoms with E-state index >= 15 is 0 Å². The van der Waals surface area contributed by atoms with E-state index in [0.717, 1.165) is 22.3 Å². The fraction of sp³-hybridized carbons (Fsp3) is 0.185. The van der Waals surface area contributed by atoms with E-state index in [-0.39, 0.29) is 31.2 Å². The molecule has 2 aromatic carbocycles. The lowest BCUT2D eigenvalue weighted by Crippen LogP contribution is -2.46. The van der Waals surface area contributed by atoms with Gasteiger partial charge in [0.15, 0.2) is 0 Å². The number of aromatic nitrogens is 1. The van der Waals surface area contributed by atoms with Crippen molar-refractivity contribution in [3.05, 3.63) is 89.2 Å². The molecule has 0 bridgehead atoms. The van der Waals surface area contributed by atoms with E-state index in [4.69, 9.17) is 16.3 Å². The number of fused-ring (bicyclic) bond motifs is 3. The highest BCUT2D eigenvalue weighted by Crippen LogP contribution is 2.44. The standard InChI is InChI=1S/C27H23N3O5/c1-2-7-23(25(31)29-15-17-12-13-24(26(32)33)28-14-17)30-27(34)35-16-22-20-10-5-3-8-18(20)19-9-4-6-11-21(19)22/h1,3-6,8-14,22-23H,7,15-16H2,(H,29,31)(H,30,34)(H,32,33). The first-order chi connectivity index (χ1) is 17.0. The van der Waals surface area contributed by atoms with Gasteiger partial charge >= 0.3 is 12.1 Å². The van der Waals surface area contributed by atoms with Gasteiger partial charge in [-0.05, 0) is 33.9 Å². The molecule has 3 N–H and O–H groups in total. The van der Waals surface area contributed by atoms with Crippen LogP contribution in [0.2, 0.25) is 0 Å². The topological polar surface area (TPSA) is 118 Å². The average molecular weight is 469 g/mol. The number of hydrogen-bond acceptors (Lipinski definition) is 5. The molecule has 8 nitrogen and oxygen atoms in total. The summed E-state index contributed by atoms with van der Waals surface area (Å²) in [6.07, 6.45) is 5.98. The lowest BCUT2D eigenvalue weighted by molar-refractivity contribution is -0.123. The highest BCUT2D eigenvalue weighted by molar-refractivity contribution is 5.86. The lowest BCUT2D eigenvalue weighted by atomic mass is 9.98. The maximum Gasteiger partial charge on any atom is 0.407 e. The monoisotopic (exact) mass is 469 g/mol. The van der Waals surface area contributed by atoms with Gasteiger partial charge in [-0.2, -0.15) is 0 Å². The number of terminal acetylenes is 1. The molecule has 0 saturated heterocycles. The molecule has 3 aromatic rings. The van der Waals surface area contributed by atoms with Crippen molar-refractivity contribution < 1.29 is 24.2 Å². The van der Waals surface area contributed by atoms with Crippen molar-refractivity contribution in [1.82, 2.24) is 15.6 Å². The van der Waals surface area contributed by atoms with E-state index < -0.39 is 24.0 Å². The van der Waals surface area contributed by atoms with Gasteiger partial charge in [0.1, 0.15) is 18.3 Å². The van der Waals surface area contributed by atoms with E-state index in [9.17, 15) is 14.4 Å². The third-order valence-electron chi connectivity index (χ3n) is 5.78. The number of aromatic carboxylic acids is 1. The van der Waals surface area contributed by atoms with Crippen LogP contribution in [0.3, 0.4) is 0 Å². The fourth-order valence-electron chi connectivity index (χ4n) is 4.08. The molecule has 1 aliphatic carbocycles. The van der Waals surface area contributed by atoms with E-state index in [0.29, 0.717) is 5.56 Å². The molecule has 0 fully saturated rings. The van der Waals surface area contributed by atoms with Crippen LogP contribution >= 0.6 is 0 Å². The Kier molecular flexibility index (Phi) is 7.07. The van der Waals surface area contributed by atoms with Crippen molar-refractivity contribution in [2.24, 2.45) is 0 Å². The zero-order valence-electron chi connectivity index (χ0n) is 18.7. The molecular formula is C27H23N3O5. The first kappa shape index (κ1) is 23.5. The Balaban J connectivity index is 1.35. The molecule has 1 aromatic heterocycles. The van der Waals surface area contributed by atoms with E-state index in [2.05, 4.69) is 21.5 Å². The number of carboxylic acid groups (broad SMARTS) is 1. The van der Waals surface area contributed by atoms with Crippen LogP contribution in [0.4, 0.5) is 4.79 Å². The predicted octanol–water partition coefficient (Wildman–Crippen LogP) is 3.33. The molecule has 0 radical (unpaired) electrons. The first-order valence-electron chi connectivity index (χ1n) is 11.0. The Hall–Kier alpha value is -4.64. The van der Waals surface area contributed by atoms with Crippen LogP contribution in [0.15, 0.2) is 66.9 Å². The van der Waals surface area contributed by atoms with Crippen LogP contribution in [0.25, 0.3) is 11.1 Å². The largest absolute Gasteiger partial charge is 0.477 e. The number of carbonyl (C=O) groups is 3. The van der Waals surface area contributed by atoms with E-state index in [1.54, 1.807) is 6.07 Å². The van der Waals surface area contributed by atoms with Gasteiger partial charge in [-0.3, -0.25) is 4.79 Å². The van der Waals surface area contributed by atoms with Crippen LogP contribution in [0.1, 0.15) is 39.5 Å². The summed E-state index contributed by atoms with van der Waals surface area (Å²) in [5.74, 6) is 0.660. The van der Waals surface area contributed by atoms with Crippen molar-refractivity contribution in [1.29, 1.82) is 0 Å².